The highest BCUT2D eigenvalue weighted by molar-refractivity contribution is 6.03. The Morgan fingerprint density at radius 1 is 1.11 bits per heavy atom. The number of hydrogen-bond donors (Lipinski definition) is 1. The van der Waals surface area contributed by atoms with Gasteiger partial charge in [-0.25, -0.2) is 0 Å². The number of aryl methyl sites for hydroxylation is 1. The molecule has 0 aliphatic heterocycles. The Kier molecular flexibility index (Phi) is 5.40. The summed E-state index contributed by atoms with van der Waals surface area (Å²) in [5.41, 5.74) is 2.16. The van der Waals surface area contributed by atoms with Crippen molar-refractivity contribution in [1.29, 1.82) is 0 Å². The highest BCUT2D eigenvalue weighted by Crippen LogP contribution is 2.34. The summed E-state index contributed by atoms with van der Waals surface area (Å²) in [7, 11) is 1.53. The highest BCUT2D eigenvalue weighted by atomic mass is 19.3. The normalized spacial score (nSPS) is 10.7. The van der Waals surface area contributed by atoms with E-state index in [9.17, 15) is 13.6 Å². The van der Waals surface area contributed by atoms with E-state index in [4.69, 9.17) is 9.15 Å². The molecule has 27 heavy (non-hydrogen) atoms. The number of halogens is 2. The Hall–Kier alpha value is -3.35. The topological polar surface area (TPSA) is 60.7 Å². The third-order valence-corrected chi connectivity index (χ3v) is 3.92. The number of carbonyl (C=O) groups excluding carboxylic acids is 1. The van der Waals surface area contributed by atoms with Crippen LogP contribution in [0.25, 0.3) is 11.1 Å². The molecule has 0 saturated carbocycles. The van der Waals surface area contributed by atoms with Crippen molar-refractivity contribution in [2.24, 2.45) is 0 Å². The number of benzene rings is 2. The van der Waals surface area contributed by atoms with E-state index in [0.717, 1.165) is 0 Å². The molecule has 140 valence electrons. The van der Waals surface area contributed by atoms with E-state index in [0.29, 0.717) is 28.1 Å². The van der Waals surface area contributed by atoms with Crippen molar-refractivity contribution in [3.05, 3.63) is 66.1 Å². The van der Waals surface area contributed by atoms with Crippen LogP contribution in [-0.4, -0.2) is 19.6 Å². The van der Waals surface area contributed by atoms with Crippen molar-refractivity contribution in [3.8, 4) is 22.6 Å². The second-order valence-electron chi connectivity index (χ2n) is 5.70. The van der Waals surface area contributed by atoms with E-state index in [-0.39, 0.29) is 11.5 Å². The molecule has 0 saturated heterocycles. The molecule has 5 nitrogen and oxygen atoms in total. The van der Waals surface area contributed by atoms with Crippen LogP contribution in [0, 0.1) is 6.92 Å². The van der Waals surface area contributed by atoms with E-state index < -0.39 is 12.5 Å². The van der Waals surface area contributed by atoms with E-state index in [1.807, 2.05) is 0 Å². The van der Waals surface area contributed by atoms with Crippen LogP contribution in [0.2, 0.25) is 0 Å². The lowest BCUT2D eigenvalue weighted by Crippen LogP contribution is -2.12. The van der Waals surface area contributed by atoms with Crippen LogP contribution >= 0.6 is 0 Å². The minimum atomic E-state index is -2.96. The second-order valence-corrected chi connectivity index (χ2v) is 5.70. The molecule has 2 aromatic carbocycles. The van der Waals surface area contributed by atoms with Crippen LogP contribution in [0.4, 0.5) is 14.5 Å². The number of rotatable bonds is 6. The quantitative estimate of drug-likeness (QED) is 0.652. The first-order valence-electron chi connectivity index (χ1n) is 8.06. The van der Waals surface area contributed by atoms with Gasteiger partial charge in [-0.1, -0.05) is 12.1 Å². The van der Waals surface area contributed by atoms with Crippen LogP contribution in [0.1, 0.15) is 16.1 Å². The lowest BCUT2D eigenvalue weighted by molar-refractivity contribution is -0.0494. The molecule has 0 aliphatic carbocycles. The minimum absolute atomic E-state index is 0.00217. The van der Waals surface area contributed by atoms with Gasteiger partial charge < -0.3 is 19.2 Å². The molecule has 1 heterocycles. The zero-order valence-electron chi connectivity index (χ0n) is 14.7. The molecular weight excluding hydrogens is 356 g/mol. The fraction of sp³-hybridized carbons (Fsp3) is 0.150. The molecule has 0 spiro atoms. The summed E-state index contributed by atoms with van der Waals surface area (Å²) in [6, 6.07) is 13.0. The van der Waals surface area contributed by atoms with Gasteiger partial charge >= 0.3 is 6.61 Å². The molecular formula is C20H17F2NO4. The lowest BCUT2D eigenvalue weighted by Gasteiger charge is -2.14. The summed E-state index contributed by atoms with van der Waals surface area (Å²) in [5, 5.41) is 2.70. The van der Waals surface area contributed by atoms with Gasteiger partial charge in [0.2, 0.25) is 0 Å². The summed E-state index contributed by atoms with van der Waals surface area (Å²) >= 11 is 0. The van der Waals surface area contributed by atoms with E-state index >= 15 is 0 Å². The summed E-state index contributed by atoms with van der Waals surface area (Å²) in [6.07, 6.45) is 1.42. The number of alkyl halides is 2. The highest BCUT2D eigenvalue weighted by Gasteiger charge is 2.16. The zero-order valence-corrected chi connectivity index (χ0v) is 14.7. The van der Waals surface area contributed by atoms with Crippen molar-refractivity contribution in [1.82, 2.24) is 0 Å². The summed E-state index contributed by atoms with van der Waals surface area (Å²) in [5.74, 6) is 0.393. The number of furan rings is 1. The Bertz CT molecular complexity index is 935. The van der Waals surface area contributed by atoms with Crippen LogP contribution in [0.3, 0.4) is 0 Å². The number of carbonyl (C=O) groups is 1. The van der Waals surface area contributed by atoms with Crippen molar-refractivity contribution in [3.63, 3.8) is 0 Å². The summed E-state index contributed by atoms with van der Waals surface area (Å²) in [6.45, 7) is -1.21. The van der Waals surface area contributed by atoms with Crippen LogP contribution in [0.5, 0.6) is 11.5 Å². The van der Waals surface area contributed by atoms with Crippen molar-refractivity contribution in [2.45, 2.75) is 13.5 Å². The zero-order chi connectivity index (χ0) is 19.4. The van der Waals surface area contributed by atoms with Gasteiger partial charge in [-0.15, -0.1) is 0 Å². The molecule has 0 radical (unpaired) electrons. The van der Waals surface area contributed by atoms with E-state index in [1.165, 1.54) is 25.5 Å². The maximum absolute atomic E-state index is 12.8. The number of amides is 1. The molecule has 1 aromatic heterocycles. The standard InChI is InChI=1S/C20H17F2NO4/c1-12-9-10-26-18(12)19(24)23-14-5-8-17(27-20(21)22)16(11-14)13-3-6-15(25-2)7-4-13/h3-11,20H,1-2H3,(H,23,24). The molecule has 0 unspecified atom stereocenters. The van der Waals surface area contributed by atoms with Crippen molar-refractivity contribution >= 4 is 11.6 Å². The fourth-order valence-corrected chi connectivity index (χ4v) is 2.60. The third-order valence-electron chi connectivity index (χ3n) is 3.92. The largest absolute Gasteiger partial charge is 0.497 e. The Morgan fingerprint density at radius 3 is 2.44 bits per heavy atom. The molecule has 0 fully saturated rings. The van der Waals surface area contributed by atoms with Crippen molar-refractivity contribution in [2.75, 3.05) is 12.4 Å². The first-order chi connectivity index (χ1) is 13.0. The van der Waals surface area contributed by atoms with Gasteiger partial charge in [0.05, 0.1) is 13.4 Å². The SMILES string of the molecule is COc1ccc(-c2cc(NC(=O)c3occc3C)ccc2OC(F)F)cc1. The number of anilines is 1. The van der Waals surface area contributed by atoms with Gasteiger partial charge in [0.15, 0.2) is 5.76 Å². The number of nitrogens with one attached hydrogen (secondary N) is 1. The van der Waals surface area contributed by atoms with Gasteiger partial charge in [0.1, 0.15) is 11.5 Å². The number of ether oxygens (including phenoxy) is 2. The van der Waals surface area contributed by atoms with Crippen LogP contribution < -0.4 is 14.8 Å². The smallest absolute Gasteiger partial charge is 0.387 e. The predicted octanol–water partition coefficient (Wildman–Crippen LogP) is 5.12. The number of methoxy groups -OCH3 is 1. The van der Waals surface area contributed by atoms with Gasteiger partial charge in [-0.05, 0) is 48.9 Å². The molecule has 0 aliphatic rings. The van der Waals surface area contributed by atoms with Gasteiger partial charge in [-0.3, -0.25) is 4.79 Å². The van der Waals surface area contributed by atoms with Gasteiger partial charge in [0.25, 0.3) is 5.91 Å². The van der Waals surface area contributed by atoms with Crippen molar-refractivity contribution < 1.29 is 27.5 Å². The lowest BCUT2D eigenvalue weighted by atomic mass is 10.0. The van der Waals surface area contributed by atoms with Gasteiger partial charge in [-0.2, -0.15) is 8.78 Å². The fourth-order valence-electron chi connectivity index (χ4n) is 2.60. The minimum Gasteiger partial charge on any atom is -0.497 e. The Balaban J connectivity index is 1.94. The van der Waals surface area contributed by atoms with Crippen LogP contribution in [-0.2, 0) is 0 Å². The Labute approximate surface area is 154 Å². The Morgan fingerprint density at radius 2 is 1.85 bits per heavy atom. The molecule has 3 rings (SSSR count). The van der Waals surface area contributed by atoms with E-state index in [2.05, 4.69) is 10.1 Å². The average molecular weight is 373 g/mol. The third kappa shape index (κ3) is 4.25. The second kappa shape index (κ2) is 7.90. The molecule has 7 heteroatoms. The molecule has 0 atom stereocenters. The van der Waals surface area contributed by atoms with E-state index in [1.54, 1.807) is 43.3 Å². The van der Waals surface area contributed by atoms with Crippen LogP contribution in [0.15, 0.2) is 59.2 Å². The average Bonchev–Trinajstić information content (AvgIpc) is 3.09. The first-order valence-corrected chi connectivity index (χ1v) is 8.06. The molecule has 1 N–H and O–H groups in total. The summed E-state index contributed by atoms with van der Waals surface area (Å²) in [4.78, 5) is 12.3. The predicted molar refractivity (Wildman–Crippen MR) is 96.5 cm³/mol. The molecule has 1 amide bonds. The number of hydrogen-bond acceptors (Lipinski definition) is 4. The molecule has 0 bridgehead atoms. The molecule has 3 aromatic rings. The monoisotopic (exact) mass is 373 g/mol. The first kappa shape index (κ1) is 18.4. The maximum Gasteiger partial charge on any atom is 0.387 e. The van der Waals surface area contributed by atoms with Gasteiger partial charge in [0, 0.05) is 16.8 Å². The maximum atomic E-state index is 12.8. The summed E-state index contributed by atoms with van der Waals surface area (Å²) < 4.78 is 40.4.